The molecule has 0 aromatic heterocycles. The number of benzene rings is 1. The summed E-state index contributed by atoms with van der Waals surface area (Å²) in [7, 11) is 0. The maximum atomic E-state index is 13.0. The van der Waals surface area contributed by atoms with Crippen LogP contribution in [-0.2, 0) is 12.7 Å². The Bertz CT molecular complexity index is 463. The monoisotopic (exact) mass is 314 g/mol. The Morgan fingerprint density at radius 3 is 2.41 bits per heavy atom. The standard InChI is InChI=1S/C17H25F3N2/c1-13(2)11-21-15-7-9-22(10-8-15)12-14-5-3-4-6-16(14)17(18,19)20/h3-6,13,15,21H,7-12H2,1-2H3. The SMILES string of the molecule is CC(C)CNC1CCN(Cc2ccccc2C(F)(F)F)CC1. The van der Waals surface area contributed by atoms with Gasteiger partial charge in [-0.2, -0.15) is 13.2 Å². The molecular weight excluding hydrogens is 289 g/mol. The second-order valence-corrected chi connectivity index (χ2v) is 6.51. The zero-order valence-corrected chi connectivity index (χ0v) is 13.3. The van der Waals surface area contributed by atoms with Crippen molar-refractivity contribution in [1.82, 2.24) is 10.2 Å². The highest BCUT2D eigenvalue weighted by Crippen LogP contribution is 2.32. The van der Waals surface area contributed by atoms with Crippen molar-refractivity contribution >= 4 is 0 Å². The maximum absolute atomic E-state index is 13.0. The molecule has 0 bridgehead atoms. The molecule has 0 aliphatic carbocycles. The van der Waals surface area contributed by atoms with Gasteiger partial charge in [0, 0.05) is 12.6 Å². The largest absolute Gasteiger partial charge is 0.416 e. The summed E-state index contributed by atoms with van der Waals surface area (Å²) in [6.07, 6.45) is -2.27. The first kappa shape index (κ1) is 17.3. The molecular formula is C17H25F3N2. The van der Waals surface area contributed by atoms with Gasteiger partial charge in [-0.25, -0.2) is 0 Å². The highest BCUT2D eigenvalue weighted by molar-refractivity contribution is 5.29. The van der Waals surface area contributed by atoms with Crippen molar-refractivity contribution in [2.75, 3.05) is 19.6 Å². The number of hydrogen-bond acceptors (Lipinski definition) is 2. The van der Waals surface area contributed by atoms with Crippen LogP contribution in [0.25, 0.3) is 0 Å². The van der Waals surface area contributed by atoms with Gasteiger partial charge in [0.15, 0.2) is 0 Å². The lowest BCUT2D eigenvalue weighted by molar-refractivity contribution is -0.138. The van der Waals surface area contributed by atoms with Crippen LogP contribution >= 0.6 is 0 Å². The third-order valence-electron chi connectivity index (χ3n) is 4.12. The van der Waals surface area contributed by atoms with Crippen molar-refractivity contribution in [1.29, 1.82) is 0 Å². The zero-order valence-electron chi connectivity index (χ0n) is 13.3. The topological polar surface area (TPSA) is 15.3 Å². The Balaban J connectivity index is 1.89. The molecule has 1 aromatic carbocycles. The smallest absolute Gasteiger partial charge is 0.314 e. The zero-order chi connectivity index (χ0) is 16.2. The summed E-state index contributed by atoms with van der Waals surface area (Å²) in [6, 6.07) is 6.39. The van der Waals surface area contributed by atoms with Gasteiger partial charge in [0.2, 0.25) is 0 Å². The number of rotatable bonds is 5. The second kappa shape index (κ2) is 7.47. The molecule has 0 amide bonds. The van der Waals surface area contributed by atoms with Gasteiger partial charge < -0.3 is 5.32 Å². The molecule has 0 saturated carbocycles. The number of piperidine rings is 1. The van der Waals surface area contributed by atoms with E-state index >= 15 is 0 Å². The minimum Gasteiger partial charge on any atom is -0.314 e. The van der Waals surface area contributed by atoms with E-state index < -0.39 is 11.7 Å². The molecule has 1 saturated heterocycles. The Kier molecular flexibility index (Phi) is 5.87. The van der Waals surface area contributed by atoms with Crippen molar-refractivity contribution in [2.45, 2.75) is 45.5 Å². The molecule has 1 N–H and O–H groups in total. The molecule has 5 heteroatoms. The highest BCUT2D eigenvalue weighted by atomic mass is 19.4. The third-order valence-corrected chi connectivity index (χ3v) is 4.12. The van der Waals surface area contributed by atoms with E-state index in [1.54, 1.807) is 12.1 Å². The van der Waals surface area contributed by atoms with Crippen LogP contribution in [0.1, 0.15) is 37.8 Å². The molecule has 1 aliphatic rings. The van der Waals surface area contributed by atoms with Crippen molar-refractivity contribution in [3.05, 3.63) is 35.4 Å². The molecule has 1 fully saturated rings. The average molecular weight is 314 g/mol. The van der Waals surface area contributed by atoms with Crippen LogP contribution in [-0.4, -0.2) is 30.6 Å². The molecule has 1 heterocycles. The summed E-state index contributed by atoms with van der Waals surface area (Å²) >= 11 is 0. The Labute approximate surface area is 130 Å². The fourth-order valence-electron chi connectivity index (χ4n) is 2.87. The Morgan fingerprint density at radius 1 is 1.18 bits per heavy atom. The average Bonchev–Trinajstić information content (AvgIpc) is 2.46. The van der Waals surface area contributed by atoms with Gasteiger partial charge in [0.1, 0.15) is 0 Å². The fourth-order valence-corrected chi connectivity index (χ4v) is 2.87. The molecule has 1 aliphatic heterocycles. The third kappa shape index (κ3) is 4.99. The van der Waals surface area contributed by atoms with Crippen LogP contribution in [0.2, 0.25) is 0 Å². The van der Waals surface area contributed by atoms with Crippen molar-refractivity contribution < 1.29 is 13.2 Å². The molecule has 2 rings (SSSR count). The molecule has 2 nitrogen and oxygen atoms in total. The number of halogens is 3. The van der Waals surface area contributed by atoms with Crippen LogP contribution in [0.4, 0.5) is 13.2 Å². The first-order chi connectivity index (χ1) is 10.4. The highest BCUT2D eigenvalue weighted by Gasteiger charge is 2.33. The van der Waals surface area contributed by atoms with E-state index in [-0.39, 0.29) is 0 Å². The van der Waals surface area contributed by atoms with Crippen LogP contribution in [0.15, 0.2) is 24.3 Å². The second-order valence-electron chi connectivity index (χ2n) is 6.51. The molecule has 0 radical (unpaired) electrons. The van der Waals surface area contributed by atoms with E-state index in [4.69, 9.17) is 0 Å². The van der Waals surface area contributed by atoms with Gasteiger partial charge in [0.25, 0.3) is 0 Å². The number of nitrogens with one attached hydrogen (secondary N) is 1. The normalized spacial score (nSPS) is 18.1. The van der Waals surface area contributed by atoms with Crippen molar-refractivity contribution in [2.24, 2.45) is 5.92 Å². The first-order valence-electron chi connectivity index (χ1n) is 7.97. The van der Waals surface area contributed by atoms with Gasteiger partial charge in [0.05, 0.1) is 5.56 Å². The molecule has 124 valence electrons. The van der Waals surface area contributed by atoms with Gasteiger partial charge >= 0.3 is 6.18 Å². The molecule has 0 spiro atoms. The van der Waals surface area contributed by atoms with Crippen LogP contribution < -0.4 is 5.32 Å². The summed E-state index contributed by atoms with van der Waals surface area (Å²) in [5.74, 6) is 0.622. The van der Waals surface area contributed by atoms with Crippen LogP contribution in [0.5, 0.6) is 0 Å². The van der Waals surface area contributed by atoms with E-state index in [1.165, 1.54) is 12.1 Å². The van der Waals surface area contributed by atoms with Gasteiger partial charge in [-0.3, -0.25) is 4.90 Å². The van der Waals surface area contributed by atoms with E-state index in [2.05, 4.69) is 24.1 Å². The number of hydrogen-bond donors (Lipinski definition) is 1. The first-order valence-corrected chi connectivity index (χ1v) is 7.97. The Morgan fingerprint density at radius 2 is 1.82 bits per heavy atom. The van der Waals surface area contributed by atoms with Crippen molar-refractivity contribution in [3.8, 4) is 0 Å². The van der Waals surface area contributed by atoms with Crippen LogP contribution in [0, 0.1) is 5.92 Å². The molecule has 0 unspecified atom stereocenters. The predicted molar refractivity (Wildman–Crippen MR) is 82.6 cm³/mol. The van der Waals surface area contributed by atoms with Gasteiger partial charge in [-0.15, -0.1) is 0 Å². The maximum Gasteiger partial charge on any atom is 0.416 e. The lowest BCUT2D eigenvalue weighted by Crippen LogP contribution is -2.43. The quantitative estimate of drug-likeness (QED) is 0.886. The summed E-state index contributed by atoms with van der Waals surface area (Å²) in [4.78, 5) is 2.12. The minimum atomic E-state index is -4.27. The molecule has 22 heavy (non-hydrogen) atoms. The van der Waals surface area contributed by atoms with E-state index in [0.29, 0.717) is 24.1 Å². The fraction of sp³-hybridized carbons (Fsp3) is 0.647. The van der Waals surface area contributed by atoms with E-state index in [1.807, 2.05) is 0 Å². The Hall–Kier alpha value is -1.07. The van der Waals surface area contributed by atoms with Gasteiger partial charge in [-0.1, -0.05) is 32.0 Å². The minimum absolute atomic E-state index is 0.378. The lowest BCUT2D eigenvalue weighted by Gasteiger charge is -2.33. The van der Waals surface area contributed by atoms with E-state index in [0.717, 1.165) is 32.5 Å². The summed E-state index contributed by atoms with van der Waals surface area (Å²) in [6.45, 7) is 7.43. The number of alkyl halides is 3. The van der Waals surface area contributed by atoms with E-state index in [9.17, 15) is 13.2 Å². The number of likely N-dealkylation sites (tertiary alicyclic amines) is 1. The predicted octanol–water partition coefficient (Wildman–Crippen LogP) is 3.92. The summed E-state index contributed by atoms with van der Waals surface area (Å²) in [5.41, 5.74) is -0.126. The van der Waals surface area contributed by atoms with Crippen molar-refractivity contribution in [3.63, 3.8) is 0 Å². The molecule has 1 aromatic rings. The van der Waals surface area contributed by atoms with Crippen LogP contribution in [0.3, 0.4) is 0 Å². The summed E-state index contributed by atoms with van der Waals surface area (Å²) in [5, 5.41) is 3.53. The molecule has 0 atom stereocenters. The summed E-state index contributed by atoms with van der Waals surface area (Å²) < 4.78 is 39.0. The number of nitrogens with zero attached hydrogens (tertiary/aromatic N) is 1. The lowest BCUT2D eigenvalue weighted by atomic mass is 10.0. The van der Waals surface area contributed by atoms with Gasteiger partial charge in [-0.05, 0) is 50.0 Å².